The maximum atomic E-state index is 12.9. The molecule has 0 aromatic heterocycles. The molecule has 5 heteroatoms. The fourth-order valence-corrected chi connectivity index (χ4v) is 1.39. The molecule has 1 aromatic rings. The Morgan fingerprint density at radius 3 is 2.87 bits per heavy atom. The van der Waals surface area contributed by atoms with Crippen molar-refractivity contribution in [2.24, 2.45) is 0 Å². The number of aryl methyl sites for hydroxylation is 1. The summed E-state index contributed by atoms with van der Waals surface area (Å²) in [6.45, 7) is 3.31. The summed E-state index contributed by atoms with van der Waals surface area (Å²) in [6.07, 6.45) is 0. The fourth-order valence-electron chi connectivity index (χ4n) is 1.39. The van der Waals surface area contributed by atoms with Crippen LogP contribution in [0.2, 0.25) is 0 Å². The lowest BCUT2D eigenvalue weighted by Gasteiger charge is -2.08. The van der Waals surface area contributed by atoms with E-state index in [0.29, 0.717) is 19.8 Å². The van der Waals surface area contributed by atoms with Crippen molar-refractivity contribution in [3.8, 4) is 0 Å². The maximum absolute atomic E-state index is 12.9. The molecule has 0 amide bonds. The molecule has 0 atom stereocenters. The third kappa shape index (κ3) is 2.78. The SMILES string of the molecule is Cc1ccc(F)cc1COB1OCCO1. The first-order valence-corrected chi connectivity index (χ1v) is 4.85. The maximum Gasteiger partial charge on any atom is 0.639 e. The second-order valence-electron chi connectivity index (χ2n) is 3.41. The van der Waals surface area contributed by atoms with E-state index in [4.69, 9.17) is 14.0 Å². The van der Waals surface area contributed by atoms with Crippen LogP contribution in [-0.2, 0) is 20.6 Å². The Kier molecular flexibility index (Phi) is 3.35. The molecular weight excluding hydrogens is 198 g/mol. The summed E-state index contributed by atoms with van der Waals surface area (Å²) in [4.78, 5) is 0. The van der Waals surface area contributed by atoms with Gasteiger partial charge in [0.1, 0.15) is 5.82 Å². The molecule has 15 heavy (non-hydrogen) atoms. The lowest BCUT2D eigenvalue weighted by atomic mass is 10.1. The zero-order chi connectivity index (χ0) is 10.7. The summed E-state index contributed by atoms with van der Waals surface area (Å²) in [5, 5.41) is 0. The van der Waals surface area contributed by atoms with E-state index < -0.39 is 7.32 Å². The molecule has 0 bridgehead atoms. The molecule has 1 aromatic carbocycles. The summed E-state index contributed by atoms with van der Waals surface area (Å²) in [7, 11) is -0.604. The van der Waals surface area contributed by atoms with Crippen molar-refractivity contribution >= 4 is 7.32 Å². The highest BCUT2D eigenvalue weighted by molar-refractivity contribution is 6.36. The minimum absolute atomic E-state index is 0.257. The van der Waals surface area contributed by atoms with Crippen LogP contribution in [0.25, 0.3) is 0 Å². The largest absolute Gasteiger partial charge is 0.639 e. The number of benzene rings is 1. The van der Waals surface area contributed by atoms with Gasteiger partial charge in [-0.3, -0.25) is 0 Å². The number of halogens is 1. The Morgan fingerprint density at radius 1 is 1.40 bits per heavy atom. The molecule has 0 N–H and O–H groups in total. The third-order valence-corrected chi connectivity index (χ3v) is 2.28. The molecule has 1 fully saturated rings. The molecule has 80 valence electrons. The average Bonchev–Trinajstić information content (AvgIpc) is 2.72. The van der Waals surface area contributed by atoms with Gasteiger partial charge in [0.2, 0.25) is 0 Å². The molecule has 0 saturated carbocycles. The van der Waals surface area contributed by atoms with Crippen molar-refractivity contribution in [1.82, 2.24) is 0 Å². The van der Waals surface area contributed by atoms with Crippen molar-refractivity contribution < 1.29 is 18.4 Å². The Labute approximate surface area is 88.3 Å². The molecule has 0 radical (unpaired) electrons. The van der Waals surface area contributed by atoms with Gasteiger partial charge in [0.15, 0.2) is 0 Å². The lowest BCUT2D eigenvalue weighted by Crippen LogP contribution is -2.19. The Balaban J connectivity index is 1.94. The Morgan fingerprint density at radius 2 is 2.13 bits per heavy atom. The van der Waals surface area contributed by atoms with E-state index in [2.05, 4.69) is 0 Å². The van der Waals surface area contributed by atoms with Crippen LogP contribution in [0, 0.1) is 12.7 Å². The van der Waals surface area contributed by atoms with Crippen LogP contribution in [0.3, 0.4) is 0 Å². The highest BCUT2D eigenvalue weighted by atomic mass is 19.1. The van der Waals surface area contributed by atoms with Gasteiger partial charge in [0.25, 0.3) is 0 Å². The molecule has 1 heterocycles. The van der Waals surface area contributed by atoms with Crippen LogP contribution in [0.4, 0.5) is 4.39 Å². The zero-order valence-corrected chi connectivity index (χ0v) is 8.53. The molecule has 2 rings (SSSR count). The van der Waals surface area contributed by atoms with Gasteiger partial charge in [0, 0.05) is 0 Å². The summed E-state index contributed by atoms with van der Waals surface area (Å²) >= 11 is 0. The topological polar surface area (TPSA) is 27.7 Å². The molecule has 1 saturated heterocycles. The molecular formula is C10H12BFO3. The zero-order valence-electron chi connectivity index (χ0n) is 8.53. The van der Waals surface area contributed by atoms with Crippen molar-refractivity contribution in [2.75, 3.05) is 13.2 Å². The van der Waals surface area contributed by atoms with Gasteiger partial charge >= 0.3 is 7.32 Å². The average molecular weight is 210 g/mol. The quantitative estimate of drug-likeness (QED) is 0.710. The van der Waals surface area contributed by atoms with E-state index in [9.17, 15) is 4.39 Å². The van der Waals surface area contributed by atoms with E-state index in [1.54, 1.807) is 6.07 Å². The minimum atomic E-state index is -0.604. The Hall–Kier alpha value is -0.905. The fraction of sp³-hybridized carbons (Fsp3) is 0.400. The standard InChI is InChI=1S/C10H12BFO3/c1-8-2-3-10(12)6-9(8)7-15-11-13-4-5-14-11/h2-3,6H,4-5,7H2,1H3. The number of hydrogen-bond donors (Lipinski definition) is 0. The summed E-state index contributed by atoms with van der Waals surface area (Å²) in [5.41, 5.74) is 1.81. The minimum Gasteiger partial charge on any atom is -0.384 e. The van der Waals surface area contributed by atoms with Crippen molar-refractivity contribution in [3.05, 3.63) is 35.1 Å². The summed E-state index contributed by atoms with van der Waals surface area (Å²) < 4.78 is 28.5. The second kappa shape index (κ2) is 4.74. The highest BCUT2D eigenvalue weighted by Gasteiger charge is 2.26. The van der Waals surface area contributed by atoms with E-state index in [0.717, 1.165) is 11.1 Å². The Bertz CT molecular complexity index is 339. The number of rotatable bonds is 3. The highest BCUT2D eigenvalue weighted by Crippen LogP contribution is 2.13. The van der Waals surface area contributed by atoms with Gasteiger partial charge < -0.3 is 14.0 Å². The first-order valence-electron chi connectivity index (χ1n) is 4.85. The van der Waals surface area contributed by atoms with E-state index in [1.165, 1.54) is 12.1 Å². The molecule has 3 nitrogen and oxygen atoms in total. The third-order valence-electron chi connectivity index (χ3n) is 2.28. The van der Waals surface area contributed by atoms with E-state index >= 15 is 0 Å². The van der Waals surface area contributed by atoms with Crippen molar-refractivity contribution in [3.63, 3.8) is 0 Å². The predicted molar refractivity (Wildman–Crippen MR) is 53.6 cm³/mol. The predicted octanol–water partition coefficient (Wildman–Crippen LogP) is 1.68. The van der Waals surface area contributed by atoms with E-state index in [-0.39, 0.29) is 5.82 Å². The molecule has 0 aliphatic carbocycles. The van der Waals surface area contributed by atoms with Crippen LogP contribution in [0.1, 0.15) is 11.1 Å². The van der Waals surface area contributed by atoms with Crippen LogP contribution < -0.4 is 0 Å². The molecule has 1 aliphatic heterocycles. The lowest BCUT2D eigenvalue weighted by molar-refractivity contribution is 0.170. The van der Waals surface area contributed by atoms with Crippen molar-refractivity contribution in [1.29, 1.82) is 0 Å². The van der Waals surface area contributed by atoms with Gasteiger partial charge in [-0.25, -0.2) is 4.39 Å². The molecule has 0 spiro atoms. The van der Waals surface area contributed by atoms with Gasteiger partial charge in [0.05, 0.1) is 19.8 Å². The van der Waals surface area contributed by atoms with E-state index in [1.807, 2.05) is 6.92 Å². The molecule has 0 unspecified atom stereocenters. The van der Waals surface area contributed by atoms with Gasteiger partial charge in [-0.2, -0.15) is 0 Å². The van der Waals surface area contributed by atoms with Crippen molar-refractivity contribution in [2.45, 2.75) is 13.5 Å². The normalized spacial score (nSPS) is 16.0. The smallest absolute Gasteiger partial charge is 0.384 e. The first-order chi connectivity index (χ1) is 7.25. The van der Waals surface area contributed by atoms with Gasteiger partial charge in [-0.05, 0) is 30.2 Å². The molecule has 1 aliphatic rings. The summed E-state index contributed by atoms with van der Waals surface area (Å²) in [6, 6.07) is 4.62. The first kappa shape index (κ1) is 10.6. The van der Waals surface area contributed by atoms with Crippen LogP contribution >= 0.6 is 0 Å². The van der Waals surface area contributed by atoms with Crippen LogP contribution in [0.5, 0.6) is 0 Å². The van der Waals surface area contributed by atoms with Crippen LogP contribution in [0.15, 0.2) is 18.2 Å². The summed E-state index contributed by atoms with van der Waals surface area (Å²) in [5.74, 6) is -0.257. The monoisotopic (exact) mass is 210 g/mol. The van der Waals surface area contributed by atoms with Gasteiger partial charge in [-0.15, -0.1) is 0 Å². The second-order valence-corrected chi connectivity index (χ2v) is 3.41. The number of hydrogen-bond acceptors (Lipinski definition) is 3. The van der Waals surface area contributed by atoms with Crippen LogP contribution in [-0.4, -0.2) is 20.5 Å². The van der Waals surface area contributed by atoms with Gasteiger partial charge in [-0.1, -0.05) is 6.07 Å².